The fraction of sp³-hybridized carbons (Fsp3) is 0.250. The van der Waals surface area contributed by atoms with Crippen LogP contribution in [0.5, 0.6) is 0 Å². The Hall–Kier alpha value is -2.89. The number of halogens is 1. The van der Waals surface area contributed by atoms with E-state index in [1.807, 2.05) is 67.6 Å². The average Bonchev–Trinajstić information content (AvgIpc) is 2.73. The molecule has 1 spiro atoms. The van der Waals surface area contributed by atoms with Gasteiger partial charge in [0.2, 0.25) is 0 Å². The van der Waals surface area contributed by atoms with Crippen LogP contribution < -0.4 is 10.6 Å². The molecule has 0 bridgehead atoms. The van der Waals surface area contributed by atoms with Gasteiger partial charge in [0, 0.05) is 23.7 Å². The van der Waals surface area contributed by atoms with Crippen LogP contribution in [0.3, 0.4) is 0 Å². The molecule has 153 valence electrons. The van der Waals surface area contributed by atoms with E-state index in [0.29, 0.717) is 29.3 Å². The highest BCUT2D eigenvalue weighted by atomic mass is 35.5. The smallest absolute Gasteiger partial charge is 0.273 e. The van der Waals surface area contributed by atoms with Crippen LogP contribution in [0.4, 0.5) is 0 Å². The molecule has 1 N–H and O–H groups in total. The quantitative estimate of drug-likeness (QED) is 0.796. The predicted molar refractivity (Wildman–Crippen MR) is 119 cm³/mol. The van der Waals surface area contributed by atoms with Gasteiger partial charge in [-0.1, -0.05) is 48.0 Å². The molecule has 30 heavy (non-hydrogen) atoms. The molecule has 0 aromatic heterocycles. The molecule has 1 atom stereocenters. The highest BCUT2D eigenvalue weighted by Crippen LogP contribution is 2.49. The van der Waals surface area contributed by atoms with E-state index in [2.05, 4.69) is 10.6 Å². The number of benzene rings is 1. The van der Waals surface area contributed by atoms with E-state index in [1.165, 1.54) is 0 Å². The van der Waals surface area contributed by atoms with Gasteiger partial charge in [0.1, 0.15) is 0 Å². The van der Waals surface area contributed by atoms with E-state index in [1.54, 1.807) is 12.1 Å². The lowest BCUT2D eigenvalue weighted by molar-refractivity contribution is -0.116. The molecule has 6 heteroatoms. The van der Waals surface area contributed by atoms with Gasteiger partial charge < -0.3 is 10.2 Å². The van der Waals surface area contributed by atoms with Crippen molar-refractivity contribution in [3.63, 3.8) is 0 Å². The van der Waals surface area contributed by atoms with Crippen molar-refractivity contribution in [2.24, 2.45) is 5.41 Å². The second-order valence-electron chi connectivity index (χ2n) is 7.86. The third-order valence-corrected chi connectivity index (χ3v) is 5.83. The van der Waals surface area contributed by atoms with Crippen LogP contribution in [0.25, 0.3) is 5.57 Å². The molecule has 1 radical (unpaired) electrons. The van der Waals surface area contributed by atoms with Crippen LogP contribution in [0.2, 0.25) is 0 Å². The first kappa shape index (κ1) is 20.4. The minimum Gasteiger partial charge on any atom is -0.351 e. The number of nitrogens with zero attached hydrogens (tertiary/aromatic N) is 2. The van der Waals surface area contributed by atoms with Gasteiger partial charge in [-0.3, -0.25) is 9.59 Å². The minimum atomic E-state index is -0.474. The fourth-order valence-electron chi connectivity index (χ4n) is 3.97. The molecule has 0 saturated heterocycles. The van der Waals surface area contributed by atoms with Crippen molar-refractivity contribution < 1.29 is 9.59 Å². The number of rotatable bonds is 5. The summed E-state index contributed by atoms with van der Waals surface area (Å²) in [6.07, 6.45) is 11.7. The molecule has 2 amide bonds. The molecule has 1 heterocycles. The molecule has 2 aliphatic carbocycles. The number of likely N-dealkylation sites (N-methyl/N-ethyl adjacent to an activating group) is 1. The van der Waals surface area contributed by atoms with E-state index >= 15 is 0 Å². The molecule has 0 saturated carbocycles. The predicted octanol–water partition coefficient (Wildman–Crippen LogP) is 3.05. The number of nitrogens with one attached hydrogen (secondary N) is 1. The van der Waals surface area contributed by atoms with E-state index in [9.17, 15) is 9.59 Å². The zero-order valence-electron chi connectivity index (χ0n) is 17.0. The second-order valence-corrected chi connectivity index (χ2v) is 8.30. The van der Waals surface area contributed by atoms with Crippen molar-refractivity contribution >= 4 is 29.0 Å². The fourth-order valence-corrected chi connectivity index (χ4v) is 4.15. The number of hydrogen-bond donors (Lipinski definition) is 1. The van der Waals surface area contributed by atoms with E-state index in [-0.39, 0.29) is 11.8 Å². The summed E-state index contributed by atoms with van der Waals surface area (Å²) >= 11 is 6.20. The largest absolute Gasteiger partial charge is 0.351 e. The summed E-state index contributed by atoms with van der Waals surface area (Å²) in [5.41, 5.74) is 3.35. The van der Waals surface area contributed by atoms with Crippen LogP contribution in [0.1, 0.15) is 15.9 Å². The molecule has 5 nitrogen and oxygen atoms in total. The Kier molecular flexibility index (Phi) is 5.50. The highest BCUT2D eigenvalue weighted by molar-refractivity contribution is 6.31. The van der Waals surface area contributed by atoms with Crippen molar-refractivity contribution in [2.45, 2.75) is 0 Å². The summed E-state index contributed by atoms with van der Waals surface area (Å²) in [4.78, 5) is 27.1. The maximum atomic E-state index is 12.8. The summed E-state index contributed by atoms with van der Waals surface area (Å²) in [6, 6.07) is 7.13. The molecule has 3 aliphatic rings. The Morgan fingerprint density at radius 3 is 2.73 bits per heavy atom. The zero-order valence-corrected chi connectivity index (χ0v) is 17.7. The maximum absolute atomic E-state index is 12.8. The summed E-state index contributed by atoms with van der Waals surface area (Å²) in [6.45, 7) is 1.71. The summed E-state index contributed by atoms with van der Waals surface area (Å²) in [5.74, 6) is -0.367. The van der Waals surface area contributed by atoms with Crippen molar-refractivity contribution in [2.75, 3.05) is 33.7 Å². The summed E-state index contributed by atoms with van der Waals surface area (Å²) < 4.78 is 0. The van der Waals surface area contributed by atoms with Gasteiger partial charge in [-0.2, -0.15) is 0 Å². The van der Waals surface area contributed by atoms with Crippen molar-refractivity contribution in [3.8, 4) is 0 Å². The van der Waals surface area contributed by atoms with Gasteiger partial charge in [0.15, 0.2) is 0 Å². The van der Waals surface area contributed by atoms with E-state index < -0.39 is 5.41 Å². The lowest BCUT2D eigenvalue weighted by Gasteiger charge is -2.40. The number of amides is 2. The van der Waals surface area contributed by atoms with E-state index in [4.69, 9.17) is 11.6 Å². The minimum absolute atomic E-state index is 0.130. The summed E-state index contributed by atoms with van der Waals surface area (Å²) in [5, 5.41) is 7.86. The van der Waals surface area contributed by atoms with Gasteiger partial charge >= 0.3 is 0 Å². The van der Waals surface area contributed by atoms with Crippen molar-refractivity contribution in [1.82, 2.24) is 15.5 Å². The highest BCUT2D eigenvalue weighted by Gasteiger charge is 2.44. The maximum Gasteiger partial charge on any atom is 0.273 e. The van der Waals surface area contributed by atoms with Crippen molar-refractivity contribution in [1.29, 1.82) is 0 Å². The van der Waals surface area contributed by atoms with Gasteiger partial charge in [-0.15, -0.1) is 0 Å². The normalized spacial score (nSPS) is 22.2. The van der Waals surface area contributed by atoms with E-state index in [0.717, 1.165) is 23.3 Å². The zero-order chi connectivity index (χ0) is 21.3. The lowest BCUT2D eigenvalue weighted by Crippen LogP contribution is -2.42. The standard InChI is InChI=1S/C24H23ClN3O2/c1-28(2)13-12-26-22(29)17-8-6-16(7-9-17)21-20-5-3-4-18-14-19(25)10-11-24(18,20)15-27-23(21)30/h3-11,14H,12-13,15H2,1-2H3,(H,26,29). The number of hydrogen-bond acceptors (Lipinski definition) is 3. The van der Waals surface area contributed by atoms with Gasteiger partial charge in [0.05, 0.1) is 17.5 Å². The molecule has 1 aromatic rings. The number of allylic oxidation sites excluding steroid dienone is 6. The monoisotopic (exact) mass is 420 g/mol. The Morgan fingerprint density at radius 2 is 2.00 bits per heavy atom. The van der Waals surface area contributed by atoms with Gasteiger partial charge in [0.25, 0.3) is 11.8 Å². The lowest BCUT2D eigenvalue weighted by atomic mass is 9.65. The molecule has 0 fully saturated rings. The molecule has 1 aromatic carbocycles. The molecule has 1 aliphatic heterocycles. The average molecular weight is 421 g/mol. The number of carbonyl (C=O) groups is 2. The topological polar surface area (TPSA) is 63.5 Å². The Morgan fingerprint density at radius 1 is 1.23 bits per heavy atom. The molecular formula is C24H23ClN3O2. The Bertz CT molecular complexity index is 1040. The SMILES string of the molecule is CN(C)CCNC(=O)c1ccc(C2=C3C=CC=C4C=C(Cl)C=CC43C[N]C2=O)cc1. The van der Waals surface area contributed by atoms with Crippen LogP contribution in [-0.2, 0) is 4.79 Å². The molecule has 4 rings (SSSR count). The first-order valence-electron chi connectivity index (χ1n) is 9.86. The van der Waals surface area contributed by atoms with Crippen LogP contribution in [0.15, 0.2) is 76.9 Å². The molecular weight excluding hydrogens is 398 g/mol. The third-order valence-electron chi connectivity index (χ3n) is 5.59. The Balaban J connectivity index is 1.65. The second kappa shape index (κ2) is 8.09. The van der Waals surface area contributed by atoms with Crippen LogP contribution in [0, 0.1) is 5.41 Å². The number of carbonyl (C=O) groups excluding carboxylic acids is 2. The Labute approximate surface area is 181 Å². The summed E-state index contributed by atoms with van der Waals surface area (Å²) in [7, 11) is 3.92. The van der Waals surface area contributed by atoms with Gasteiger partial charge in [-0.25, -0.2) is 5.32 Å². The van der Waals surface area contributed by atoms with Crippen molar-refractivity contribution in [3.05, 3.63) is 88.0 Å². The molecule has 1 unspecified atom stereocenters. The van der Waals surface area contributed by atoms with Crippen LogP contribution >= 0.6 is 11.6 Å². The first-order chi connectivity index (χ1) is 14.4. The van der Waals surface area contributed by atoms with Gasteiger partial charge in [-0.05, 0) is 55.1 Å². The first-order valence-corrected chi connectivity index (χ1v) is 10.2. The van der Waals surface area contributed by atoms with Crippen LogP contribution in [-0.4, -0.2) is 50.4 Å². The third kappa shape index (κ3) is 3.66.